The van der Waals surface area contributed by atoms with E-state index in [0.29, 0.717) is 0 Å². The lowest BCUT2D eigenvalue weighted by atomic mass is 9.99. The van der Waals surface area contributed by atoms with Gasteiger partial charge in [0.05, 0.1) is 0 Å². The van der Waals surface area contributed by atoms with Gasteiger partial charge in [-0.2, -0.15) is 0 Å². The van der Waals surface area contributed by atoms with Crippen molar-refractivity contribution in [3.63, 3.8) is 0 Å². The van der Waals surface area contributed by atoms with Crippen molar-refractivity contribution in [3.8, 4) is 0 Å². The first-order valence-corrected chi connectivity index (χ1v) is 21.4. The fraction of sp³-hybridized carbons (Fsp3) is 1.00. The molecule has 0 aliphatic heterocycles. The highest BCUT2D eigenvalue weighted by molar-refractivity contribution is 9.76. The minimum atomic E-state index is -1.59. The van der Waals surface area contributed by atoms with Gasteiger partial charge in [-0.25, -0.2) is 0 Å². The number of hydrogen-bond acceptors (Lipinski definition) is 0. The Labute approximate surface area is 145 Å². The SMILES string of the molecule is Br[Si](Br)(Br)[Si](Br)(C1CCCCC1)C1CCCCC1. The molecule has 0 aromatic heterocycles. The second-order valence-electron chi connectivity index (χ2n) is 5.94. The Balaban J connectivity index is 2.21. The monoisotopic (exact) mass is 538 g/mol. The Morgan fingerprint density at radius 3 is 1.17 bits per heavy atom. The van der Waals surface area contributed by atoms with Gasteiger partial charge in [0.25, 0.3) is 3.45 Å². The molecule has 0 bridgehead atoms. The number of hydrogen-bond donors (Lipinski definition) is 0. The fourth-order valence-corrected chi connectivity index (χ4v) is 32.7. The van der Waals surface area contributed by atoms with Crippen LogP contribution in [-0.2, 0) is 0 Å². The van der Waals surface area contributed by atoms with E-state index in [1.807, 2.05) is 0 Å². The van der Waals surface area contributed by atoms with Gasteiger partial charge in [-0.15, -0.1) is 15.3 Å². The minimum absolute atomic E-state index is 0.971. The third kappa shape index (κ3) is 3.57. The standard InChI is InChI=1S/C12H22Br4Si2/c13-17(18(14,15)16,11-7-3-1-4-8-11)12-9-5-2-6-10-12/h11-12H,1-10H2. The molecule has 0 heterocycles. The van der Waals surface area contributed by atoms with E-state index in [4.69, 9.17) is 0 Å². The Kier molecular flexibility index (Phi) is 6.57. The predicted octanol–water partition coefficient (Wildman–Crippen LogP) is 7.20. The average molecular weight is 542 g/mol. The van der Waals surface area contributed by atoms with Gasteiger partial charge in [-0.05, 0) is 11.1 Å². The van der Waals surface area contributed by atoms with E-state index in [9.17, 15) is 0 Å². The zero-order valence-corrected chi connectivity index (χ0v) is 19.1. The van der Waals surface area contributed by atoms with Crippen molar-refractivity contribution in [2.45, 2.75) is 75.3 Å². The van der Waals surface area contributed by atoms with Crippen LogP contribution in [-0.4, -0.2) is 9.66 Å². The molecule has 2 aliphatic rings. The summed E-state index contributed by atoms with van der Waals surface area (Å²) in [5, 5.41) is 0. The van der Waals surface area contributed by atoms with Gasteiger partial charge in [-0.3, -0.25) is 0 Å². The normalized spacial score (nSPS) is 25.3. The minimum Gasteiger partial charge on any atom is -0.126 e. The second-order valence-corrected chi connectivity index (χ2v) is 47.8. The summed E-state index contributed by atoms with van der Waals surface area (Å²) in [6, 6.07) is 0. The van der Waals surface area contributed by atoms with E-state index in [0.717, 1.165) is 11.1 Å². The maximum absolute atomic E-state index is 4.39. The summed E-state index contributed by atoms with van der Waals surface area (Å²) in [4.78, 5) is 0. The third-order valence-corrected chi connectivity index (χ3v) is 55.6. The van der Waals surface area contributed by atoms with Crippen molar-refractivity contribution >= 4 is 70.8 Å². The number of rotatable bonds is 3. The molecule has 0 unspecified atom stereocenters. The van der Waals surface area contributed by atoms with Crippen molar-refractivity contribution in [2.75, 3.05) is 0 Å². The highest BCUT2D eigenvalue weighted by Gasteiger charge is 2.59. The molecule has 0 amide bonds. The van der Waals surface area contributed by atoms with Gasteiger partial charge in [0.15, 0.2) is 6.21 Å². The second kappa shape index (κ2) is 7.08. The highest BCUT2D eigenvalue weighted by Crippen LogP contribution is 2.59. The largest absolute Gasteiger partial charge is 0.267 e. The molecule has 0 saturated heterocycles. The van der Waals surface area contributed by atoms with E-state index in [1.54, 1.807) is 0 Å². The average Bonchev–Trinajstić information content (AvgIpc) is 2.38. The lowest BCUT2D eigenvalue weighted by Gasteiger charge is -2.47. The summed E-state index contributed by atoms with van der Waals surface area (Å²) in [6.07, 6.45) is 13.1. The molecule has 2 fully saturated rings. The summed E-state index contributed by atoms with van der Waals surface area (Å²) in [7, 11) is 0. The van der Waals surface area contributed by atoms with Gasteiger partial charge >= 0.3 is 0 Å². The predicted molar refractivity (Wildman–Crippen MR) is 101 cm³/mol. The van der Waals surface area contributed by atoms with E-state index in [-0.39, 0.29) is 0 Å². The molecule has 6 heteroatoms. The van der Waals surface area contributed by atoms with Crippen LogP contribution in [0.3, 0.4) is 0 Å². The van der Waals surface area contributed by atoms with Crippen molar-refractivity contribution < 1.29 is 0 Å². The molecule has 0 radical (unpaired) electrons. The lowest BCUT2D eigenvalue weighted by Crippen LogP contribution is -2.54. The zero-order chi connectivity index (χ0) is 13.2. The van der Waals surface area contributed by atoms with Gasteiger partial charge in [0.1, 0.15) is 0 Å². The van der Waals surface area contributed by atoms with Crippen molar-refractivity contribution in [3.05, 3.63) is 0 Å². The van der Waals surface area contributed by atoms with E-state index in [1.165, 1.54) is 64.2 Å². The Bertz CT molecular complexity index is 250. The van der Waals surface area contributed by atoms with E-state index < -0.39 is 9.66 Å². The highest BCUT2D eigenvalue weighted by atomic mass is 80.0. The van der Waals surface area contributed by atoms with Crippen molar-refractivity contribution in [1.82, 2.24) is 0 Å². The lowest BCUT2D eigenvalue weighted by molar-refractivity contribution is 0.465. The van der Waals surface area contributed by atoms with Crippen molar-refractivity contribution in [1.29, 1.82) is 0 Å². The molecule has 0 aromatic carbocycles. The van der Waals surface area contributed by atoms with Crippen LogP contribution in [0.15, 0.2) is 0 Å². The van der Waals surface area contributed by atoms with Crippen LogP contribution in [0.25, 0.3) is 0 Å². The summed E-state index contributed by atoms with van der Waals surface area (Å²) in [6.45, 7) is 0. The fourth-order valence-electron chi connectivity index (χ4n) is 3.84. The molecule has 0 atom stereocenters. The van der Waals surface area contributed by atoms with Crippen LogP contribution >= 0.6 is 61.2 Å². The molecule has 0 aromatic rings. The first-order valence-electron chi connectivity index (χ1n) is 7.22. The molecule has 106 valence electrons. The zero-order valence-electron chi connectivity index (χ0n) is 10.7. The molecule has 0 nitrogen and oxygen atoms in total. The van der Waals surface area contributed by atoms with Crippen LogP contribution in [0.5, 0.6) is 0 Å². The Hall–Kier alpha value is 2.35. The molecule has 2 rings (SSSR count). The summed E-state index contributed by atoms with van der Waals surface area (Å²) in [5.41, 5.74) is 1.94. The third-order valence-electron chi connectivity index (χ3n) is 4.83. The molecule has 2 aliphatic carbocycles. The first kappa shape index (κ1) is 16.7. The van der Waals surface area contributed by atoms with E-state index >= 15 is 0 Å². The van der Waals surface area contributed by atoms with Crippen LogP contribution in [0.2, 0.25) is 11.1 Å². The quantitative estimate of drug-likeness (QED) is 0.262. The molecular weight excluding hydrogens is 520 g/mol. The summed E-state index contributed by atoms with van der Waals surface area (Å²) < 4.78 is -1.59. The maximum Gasteiger partial charge on any atom is 0.267 e. The Morgan fingerprint density at radius 1 is 0.556 bits per heavy atom. The topological polar surface area (TPSA) is 0 Å². The van der Waals surface area contributed by atoms with Gasteiger partial charge < -0.3 is 0 Å². The summed E-state index contributed by atoms with van der Waals surface area (Å²) >= 11 is 16.6. The van der Waals surface area contributed by atoms with Gasteiger partial charge in [-0.1, -0.05) is 110 Å². The first-order chi connectivity index (χ1) is 8.46. The van der Waals surface area contributed by atoms with Crippen LogP contribution in [0, 0.1) is 0 Å². The summed E-state index contributed by atoms with van der Waals surface area (Å²) in [5.74, 6) is 0. The molecule has 2 saturated carbocycles. The van der Waals surface area contributed by atoms with Crippen molar-refractivity contribution in [2.24, 2.45) is 0 Å². The maximum atomic E-state index is 4.39. The molecule has 18 heavy (non-hydrogen) atoms. The Morgan fingerprint density at radius 2 is 0.889 bits per heavy atom. The molecular formula is C12H22Br4Si2. The molecule has 0 N–H and O–H groups in total. The van der Waals surface area contributed by atoms with Gasteiger partial charge in [0, 0.05) is 0 Å². The van der Waals surface area contributed by atoms with Crippen LogP contribution in [0.1, 0.15) is 64.2 Å². The smallest absolute Gasteiger partial charge is 0.126 e. The van der Waals surface area contributed by atoms with E-state index in [2.05, 4.69) is 61.2 Å². The van der Waals surface area contributed by atoms with Crippen LogP contribution < -0.4 is 0 Å². The van der Waals surface area contributed by atoms with Crippen LogP contribution in [0.4, 0.5) is 0 Å². The van der Waals surface area contributed by atoms with Gasteiger partial charge in [0.2, 0.25) is 0 Å². The number of halogens is 4. The molecule has 0 spiro atoms.